The second-order valence-electron chi connectivity index (χ2n) is 12.4. The van der Waals surface area contributed by atoms with Crippen molar-refractivity contribution in [1.29, 1.82) is 0 Å². The average molecular weight is 594 g/mol. The number of hydrogen-bond donors (Lipinski definition) is 3. The summed E-state index contributed by atoms with van der Waals surface area (Å²) >= 11 is 0. The van der Waals surface area contributed by atoms with Crippen LogP contribution in [0.15, 0.2) is 67.1 Å². The number of fused-ring (bicyclic) bond motifs is 2. The third-order valence-electron chi connectivity index (χ3n) is 9.56. The topological polar surface area (TPSA) is 158 Å². The highest BCUT2D eigenvalue weighted by molar-refractivity contribution is 6.12. The van der Waals surface area contributed by atoms with E-state index < -0.39 is 11.3 Å². The number of ether oxygens (including phenoxy) is 1. The summed E-state index contributed by atoms with van der Waals surface area (Å²) in [5.41, 5.74) is 14.9. The molecular formula is C33H35N7O4. The van der Waals surface area contributed by atoms with E-state index in [1.165, 1.54) is 6.33 Å². The summed E-state index contributed by atoms with van der Waals surface area (Å²) in [7, 11) is 0. The largest absolute Gasteiger partial charge is 0.445 e. The van der Waals surface area contributed by atoms with Crippen LogP contribution in [0.1, 0.15) is 31.2 Å². The van der Waals surface area contributed by atoms with Crippen molar-refractivity contribution < 1.29 is 19.1 Å². The molecular weight excluding hydrogens is 558 g/mol. The molecule has 4 aromatic rings. The van der Waals surface area contributed by atoms with Crippen LogP contribution in [0, 0.1) is 23.2 Å². The molecule has 2 aromatic carbocycles. The maximum Gasteiger partial charge on any atom is 0.410 e. The van der Waals surface area contributed by atoms with Gasteiger partial charge in [0.25, 0.3) is 0 Å². The Labute approximate surface area is 254 Å². The van der Waals surface area contributed by atoms with E-state index in [9.17, 15) is 14.4 Å². The van der Waals surface area contributed by atoms with Gasteiger partial charge in [0, 0.05) is 37.1 Å². The van der Waals surface area contributed by atoms with Crippen LogP contribution in [-0.2, 0) is 27.5 Å². The minimum atomic E-state index is -1.08. The first-order valence-electron chi connectivity index (χ1n) is 15.1. The number of nitrogens with zero attached hydrogens (tertiary/aromatic N) is 4. The summed E-state index contributed by atoms with van der Waals surface area (Å²) < 4.78 is 7.74. The molecule has 226 valence electrons. The van der Waals surface area contributed by atoms with Gasteiger partial charge in [0.05, 0.1) is 5.39 Å². The third kappa shape index (κ3) is 5.12. The molecule has 5 N–H and O–H groups in total. The SMILES string of the molecule is NC(=O)C1(C(=O)Nc2ccc(-c3cn(CC4CC5CN(C(=O)OCc6ccccc6)CC5C4)c4ncnc(N)c34)cc2)CC1. The summed E-state index contributed by atoms with van der Waals surface area (Å²) in [5, 5.41) is 3.62. The zero-order valence-electron chi connectivity index (χ0n) is 24.3. The molecule has 2 unspecified atom stereocenters. The van der Waals surface area contributed by atoms with E-state index in [-0.39, 0.29) is 18.6 Å². The van der Waals surface area contributed by atoms with Gasteiger partial charge in [0.2, 0.25) is 11.8 Å². The smallest absolute Gasteiger partial charge is 0.410 e. The summed E-state index contributed by atoms with van der Waals surface area (Å²) in [6.45, 7) is 2.54. The van der Waals surface area contributed by atoms with Gasteiger partial charge in [-0.1, -0.05) is 42.5 Å². The Morgan fingerprint density at radius 3 is 2.34 bits per heavy atom. The molecule has 3 aliphatic rings. The second kappa shape index (κ2) is 11.0. The number of amides is 3. The van der Waals surface area contributed by atoms with Crippen molar-refractivity contribution in [2.24, 2.45) is 28.9 Å². The van der Waals surface area contributed by atoms with Gasteiger partial charge < -0.3 is 31.0 Å². The lowest BCUT2D eigenvalue weighted by molar-refractivity contribution is -0.132. The molecule has 3 amide bonds. The van der Waals surface area contributed by atoms with Crippen molar-refractivity contribution >= 4 is 40.4 Å². The van der Waals surface area contributed by atoms with Gasteiger partial charge in [0.1, 0.15) is 29.8 Å². The lowest BCUT2D eigenvalue weighted by Crippen LogP contribution is -2.36. The first-order valence-corrected chi connectivity index (χ1v) is 15.1. The number of primary amides is 1. The van der Waals surface area contributed by atoms with Crippen LogP contribution < -0.4 is 16.8 Å². The van der Waals surface area contributed by atoms with Crippen LogP contribution in [0.4, 0.5) is 16.3 Å². The Kier molecular flexibility index (Phi) is 6.95. The quantitative estimate of drug-likeness (QED) is 0.259. The molecule has 0 bridgehead atoms. The summed E-state index contributed by atoms with van der Waals surface area (Å²) in [6.07, 6.45) is 6.36. The normalized spacial score (nSPS) is 21.6. The minimum absolute atomic E-state index is 0.237. The van der Waals surface area contributed by atoms with E-state index >= 15 is 0 Å². The average Bonchev–Trinajstić information content (AvgIpc) is 3.46. The summed E-state index contributed by atoms with van der Waals surface area (Å²) in [6, 6.07) is 17.2. The monoisotopic (exact) mass is 593 g/mol. The molecule has 2 saturated carbocycles. The highest BCUT2D eigenvalue weighted by Gasteiger charge is 2.55. The number of carbonyl (C=O) groups is 3. The number of rotatable bonds is 8. The van der Waals surface area contributed by atoms with E-state index in [1.807, 2.05) is 59.5 Å². The molecule has 2 aliphatic carbocycles. The summed E-state index contributed by atoms with van der Waals surface area (Å²) in [4.78, 5) is 47.8. The predicted octanol–water partition coefficient (Wildman–Crippen LogP) is 4.18. The van der Waals surface area contributed by atoms with Gasteiger partial charge in [-0.2, -0.15) is 0 Å². The van der Waals surface area contributed by atoms with Crippen molar-refractivity contribution in [3.63, 3.8) is 0 Å². The van der Waals surface area contributed by atoms with Gasteiger partial charge in [0.15, 0.2) is 0 Å². The van der Waals surface area contributed by atoms with Crippen LogP contribution in [0.25, 0.3) is 22.2 Å². The number of anilines is 2. The molecule has 0 spiro atoms. The molecule has 1 aliphatic heterocycles. The summed E-state index contributed by atoms with van der Waals surface area (Å²) in [5.74, 6) is 0.825. The maximum atomic E-state index is 12.7. The third-order valence-corrected chi connectivity index (χ3v) is 9.56. The van der Waals surface area contributed by atoms with Crippen LogP contribution in [0.3, 0.4) is 0 Å². The van der Waals surface area contributed by atoms with Gasteiger partial charge >= 0.3 is 6.09 Å². The van der Waals surface area contributed by atoms with E-state index in [0.717, 1.165) is 60.2 Å². The lowest BCUT2D eigenvalue weighted by atomic mass is 10.0. The number of carbonyl (C=O) groups excluding carboxylic acids is 3. The number of benzene rings is 2. The Morgan fingerprint density at radius 1 is 0.977 bits per heavy atom. The zero-order chi connectivity index (χ0) is 30.4. The lowest BCUT2D eigenvalue weighted by Gasteiger charge is -2.19. The first-order chi connectivity index (χ1) is 21.3. The van der Waals surface area contributed by atoms with Crippen molar-refractivity contribution in [2.75, 3.05) is 24.1 Å². The number of nitrogens with one attached hydrogen (secondary N) is 1. The molecule has 3 fully saturated rings. The predicted molar refractivity (Wildman–Crippen MR) is 165 cm³/mol. The van der Waals surface area contributed by atoms with Crippen molar-refractivity contribution in [3.05, 3.63) is 72.7 Å². The second-order valence-corrected chi connectivity index (χ2v) is 12.4. The zero-order valence-corrected chi connectivity index (χ0v) is 24.3. The van der Waals surface area contributed by atoms with Crippen molar-refractivity contribution in [3.8, 4) is 11.1 Å². The number of hydrogen-bond acceptors (Lipinski definition) is 7. The number of nitrogens with two attached hydrogens (primary N) is 2. The Balaban J connectivity index is 1.02. The number of nitrogen functional groups attached to an aromatic ring is 1. The highest BCUT2D eigenvalue weighted by Crippen LogP contribution is 2.46. The molecule has 2 atom stereocenters. The van der Waals surface area contributed by atoms with E-state index in [4.69, 9.17) is 16.2 Å². The van der Waals surface area contributed by atoms with Gasteiger partial charge in [-0.15, -0.1) is 0 Å². The van der Waals surface area contributed by atoms with Crippen LogP contribution in [0.5, 0.6) is 0 Å². The molecule has 7 rings (SSSR count). The molecule has 0 radical (unpaired) electrons. The van der Waals surface area contributed by atoms with Gasteiger partial charge in [-0.3, -0.25) is 9.59 Å². The fraction of sp³-hybridized carbons (Fsp3) is 0.364. The minimum Gasteiger partial charge on any atom is -0.445 e. The Morgan fingerprint density at radius 2 is 1.68 bits per heavy atom. The standard InChI is InChI=1S/C33H35N7O4/c34-28-27-26(22-6-8-25(9-7-22)38-31(42)33(10-11-33)30(35)41)17-39(29(27)37-19-36-28)14-21-12-23-15-40(16-24(23)13-21)32(43)44-18-20-4-2-1-3-5-20/h1-9,17,19,21,23-24H,10-16,18H2,(H2,35,41)(H,38,42)(H2,34,36,37). The van der Waals surface area contributed by atoms with Crippen LogP contribution >= 0.6 is 0 Å². The van der Waals surface area contributed by atoms with E-state index in [0.29, 0.717) is 42.1 Å². The molecule has 3 heterocycles. The fourth-order valence-electron chi connectivity index (χ4n) is 7.01. The Hall–Kier alpha value is -4.93. The number of aromatic nitrogens is 3. The fourth-order valence-corrected chi connectivity index (χ4v) is 7.01. The maximum absolute atomic E-state index is 12.7. The molecule has 44 heavy (non-hydrogen) atoms. The van der Waals surface area contributed by atoms with Gasteiger partial charge in [-0.25, -0.2) is 14.8 Å². The van der Waals surface area contributed by atoms with Crippen LogP contribution in [0.2, 0.25) is 0 Å². The molecule has 1 saturated heterocycles. The van der Waals surface area contributed by atoms with Gasteiger partial charge in [-0.05, 0) is 66.7 Å². The molecule has 11 heteroatoms. The highest BCUT2D eigenvalue weighted by atomic mass is 16.6. The van der Waals surface area contributed by atoms with E-state index in [1.54, 1.807) is 0 Å². The number of likely N-dealkylation sites (tertiary alicyclic amines) is 1. The van der Waals surface area contributed by atoms with Crippen molar-refractivity contribution in [1.82, 2.24) is 19.4 Å². The Bertz CT molecular complexity index is 1720. The van der Waals surface area contributed by atoms with Crippen LogP contribution in [-0.4, -0.2) is 50.4 Å². The first kappa shape index (κ1) is 27.9. The molecule has 2 aromatic heterocycles. The molecule has 11 nitrogen and oxygen atoms in total. The van der Waals surface area contributed by atoms with E-state index in [2.05, 4.69) is 26.0 Å². The van der Waals surface area contributed by atoms with Crippen molar-refractivity contribution in [2.45, 2.75) is 38.8 Å².